The molecular formula is C19H12BrCl. The second kappa shape index (κ2) is 5.01. The van der Waals surface area contributed by atoms with E-state index in [0.29, 0.717) is 0 Å². The maximum absolute atomic E-state index is 5.96. The number of allylic oxidation sites excluding steroid dienone is 1. The SMILES string of the molecule is Clc1ccc(C=C2Cc3ccc(Br)c4cccc2c34)cc1. The predicted octanol–water partition coefficient (Wildman–Crippen LogP) is 6.35. The predicted molar refractivity (Wildman–Crippen MR) is 94.7 cm³/mol. The first-order valence-electron chi connectivity index (χ1n) is 6.89. The Labute approximate surface area is 137 Å². The molecule has 0 amide bonds. The highest BCUT2D eigenvalue weighted by Gasteiger charge is 2.19. The molecule has 0 heterocycles. The van der Waals surface area contributed by atoms with Crippen molar-refractivity contribution < 1.29 is 0 Å². The maximum atomic E-state index is 5.96. The molecule has 0 saturated carbocycles. The van der Waals surface area contributed by atoms with Crippen molar-refractivity contribution in [1.29, 1.82) is 0 Å². The number of hydrogen-bond acceptors (Lipinski definition) is 0. The quantitative estimate of drug-likeness (QED) is 0.477. The highest BCUT2D eigenvalue weighted by Crippen LogP contribution is 2.41. The molecule has 1 aliphatic rings. The zero-order valence-corrected chi connectivity index (χ0v) is 13.6. The smallest absolute Gasteiger partial charge is 0.0406 e. The van der Waals surface area contributed by atoms with Crippen molar-refractivity contribution in [2.75, 3.05) is 0 Å². The maximum Gasteiger partial charge on any atom is 0.0406 e. The van der Waals surface area contributed by atoms with Crippen LogP contribution >= 0.6 is 27.5 Å². The van der Waals surface area contributed by atoms with Crippen LogP contribution in [0, 0.1) is 0 Å². The van der Waals surface area contributed by atoms with Crippen LogP contribution < -0.4 is 0 Å². The zero-order valence-electron chi connectivity index (χ0n) is 11.2. The van der Waals surface area contributed by atoms with E-state index in [4.69, 9.17) is 11.6 Å². The minimum atomic E-state index is 0.776. The van der Waals surface area contributed by atoms with E-state index in [2.05, 4.69) is 64.5 Å². The summed E-state index contributed by atoms with van der Waals surface area (Å²) < 4.78 is 1.16. The van der Waals surface area contributed by atoms with Gasteiger partial charge in [0, 0.05) is 9.50 Å². The minimum absolute atomic E-state index is 0.776. The standard InChI is InChI=1S/C19H12BrCl/c20-18-9-6-13-11-14(10-12-4-7-15(21)8-5-12)16-2-1-3-17(18)19(13)16/h1-10H,11H2. The molecule has 21 heavy (non-hydrogen) atoms. The van der Waals surface area contributed by atoms with Crippen LogP contribution in [-0.4, -0.2) is 0 Å². The van der Waals surface area contributed by atoms with Crippen LogP contribution in [0.5, 0.6) is 0 Å². The number of halogens is 2. The van der Waals surface area contributed by atoms with Gasteiger partial charge < -0.3 is 0 Å². The molecule has 4 rings (SSSR count). The van der Waals surface area contributed by atoms with E-state index in [1.807, 2.05) is 12.1 Å². The highest BCUT2D eigenvalue weighted by atomic mass is 79.9. The molecule has 0 saturated heterocycles. The summed E-state index contributed by atoms with van der Waals surface area (Å²) in [6.45, 7) is 0. The fourth-order valence-electron chi connectivity index (χ4n) is 3.05. The van der Waals surface area contributed by atoms with Gasteiger partial charge in [0.25, 0.3) is 0 Å². The molecule has 0 aliphatic heterocycles. The van der Waals surface area contributed by atoms with Crippen molar-refractivity contribution in [2.45, 2.75) is 6.42 Å². The number of rotatable bonds is 1. The van der Waals surface area contributed by atoms with Crippen LogP contribution in [0.25, 0.3) is 22.4 Å². The van der Waals surface area contributed by atoms with E-state index in [-0.39, 0.29) is 0 Å². The Balaban J connectivity index is 1.90. The molecule has 0 N–H and O–H groups in total. The largest absolute Gasteiger partial charge is 0.0843 e. The molecule has 0 nitrogen and oxygen atoms in total. The Morgan fingerprint density at radius 3 is 2.57 bits per heavy atom. The summed E-state index contributed by atoms with van der Waals surface area (Å²) in [6, 6.07) is 18.9. The first kappa shape index (κ1) is 13.1. The molecule has 0 aromatic heterocycles. The van der Waals surface area contributed by atoms with Gasteiger partial charge in [0.2, 0.25) is 0 Å². The number of hydrogen-bond donors (Lipinski definition) is 0. The lowest BCUT2D eigenvalue weighted by Crippen LogP contribution is -1.80. The first-order valence-corrected chi connectivity index (χ1v) is 8.06. The lowest BCUT2D eigenvalue weighted by atomic mass is 10.0. The molecular weight excluding hydrogens is 344 g/mol. The molecule has 0 fully saturated rings. The van der Waals surface area contributed by atoms with Gasteiger partial charge >= 0.3 is 0 Å². The zero-order chi connectivity index (χ0) is 14.4. The van der Waals surface area contributed by atoms with E-state index in [9.17, 15) is 0 Å². The van der Waals surface area contributed by atoms with Crippen molar-refractivity contribution in [3.63, 3.8) is 0 Å². The van der Waals surface area contributed by atoms with Crippen LogP contribution in [0.1, 0.15) is 16.7 Å². The second-order valence-electron chi connectivity index (χ2n) is 5.33. The van der Waals surface area contributed by atoms with Crippen LogP contribution in [-0.2, 0) is 6.42 Å². The Morgan fingerprint density at radius 2 is 1.76 bits per heavy atom. The lowest BCUT2D eigenvalue weighted by Gasteiger charge is -2.04. The van der Waals surface area contributed by atoms with E-state index in [1.165, 1.54) is 33.0 Å². The molecule has 2 heteroatoms. The molecule has 3 aromatic carbocycles. The molecule has 0 bridgehead atoms. The highest BCUT2D eigenvalue weighted by molar-refractivity contribution is 9.10. The van der Waals surface area contributed by atoms with E-state index in [1.54, 1.807) is 0 Å². The average molecular weight is 356 g/mol. The average Bonchev–Trinajstić information content (AvgIpc) is 2.85. The van der Waals surface area contributed by atoms with Crippen molar-refractivity contribution in [2.24, 2.45) is 0 Å². The summed E-state index contributed by atoms with van der Waals surface area (Å²) in [7, 11) is 0. The van der Waals surface area contributed by atoms with Crippen molar-refractivity contribution in [1.82, 2.24) is 0 Å². The van der Waals surface area contributed by atoms with E-state index < -0.39 is 0 Å². The van der Waals surface area contributed by atoms with Gasteiger partial charge in [-0.3, -0.25) is 0 Å². The van der Waals surface area contributed by atoms with Gasteiger partial charge in [-0.25, -0.2) is 0 Å². The Hall–Kier alpha value is -1.57. The Morgan fingerprint density at radius 1 is 0.952 bits per heavy atom. The normalized spacial score (nSPS) is 15.0. The third kappa shape index (κ3) is 2.21. The van der Waals surface area contributed by atoms with Crippen LogP contribution in [0.2, 0.25) is 5.02 Å². The van der Waals surface area contributed by atoms with Gasteiger partial charge in [-0.1, -0.05) is 70.0 Å². The van der Waals surface area contributed by atoms with Crippen LogP contribution in [0.3, 0.4) is 0 Å². The fourth-order valence-corrected chi connectivity index (χ4v) is 3.64. The van der Waals surface area contributed by atoms with Crippen molar-refractivity contribution >= 4 is 50.0 Å². The first-order chi connectivity index (χ1) is 10.2. The number of benzene rings is 3. The third-order valence-electron chi connectivity index (χ3n) is 4.01. The molecule has 0 spiro atoms. The van der Waals surface area contributed by atoms with E-state index >= 15 is 0 Å². The molecule has 0 unspecified atom stereocenters. The van der Waals surface area contributed by atoms with Gasteiger partial charge in [0.1, 0.15) is 0 Å². The molecule has 0 radical (unpaired) electrons. The van der Waals surface area contributed by atoms with Gasteiger partial charge in [-0.15, -0.1) is 0 Å². The van der Waals surface area contributed by atoms with Crippen molar-refractivity contribution in [3.05, 3.63) is 80.8 Å². The van der Waals surface area contributed by atoms with Crippen LogP contribution in [0.4, 0.5) is 0 Å². The molecule has 0 atom stereocenters. The summed E-state index contributed by atoms with van der Waals surface area (Å²) in [5.74, 6) is 0. The summed E-state index contributed by atoms with van der Waals surface area (Å²) in [6.07, 6.45) is 3.25. The summed E-state index contributed by atoms with van der Waals surface area (Å²) in [5, 5.41) is 3.45. The summed E-state index contributed by atoms with van der Waals surface area (Å²) in [5.41, 5.74) is 5.32. The second-order valence-corrected chi connectivity index (χ2v) is 6.62. The van der Waals surface area contributed by atoms with Gasteiger partial charge in [-0.05, 0) is 57.7 Å². The Bertz CT molecular complexity index is 876. The summed E-state index contributed by atoms with van der Waals surface area (Å²) in [4.78, 5) is 0. The minimum Gasteiger partial charge on any atom is -0.0843 e. The van der Waals surface area contributed by atoms with Gasteiger partial charge in [0.15, 0.2) is 0 Å². The molecule has 3 aromatic rings. The topological polar surface area (TPSA) is 0 Å². The monoisotopic (exact) mass is 354 g/mol. The Kier molecular flexibility index (Phi) is 3.13. The fraction of sp³-hybridized carbons (Fsp3) is 0.0526. The van der Waals surface area contributed by atoms with Gasteiger partial charge in [-0.2, -0.15) is 0 Å². The lowest BCUT2D eigenvalue weighted by molar-refractivity contribution is 1.38. The van der Waals surface area contributed by atoms with Crippen LogP contribution in [0.15, 0.2) is 59.1 Å². The van der Waals surface area contributed by atoms with Crippen molar-refractivity contribution in [3.8, 4) is 0 Å². The molecule has 102 valence electrons. The summed E-state index contributed by atoms with van der Waals surface area (Å²) >= 11 is 9.61. The molecule has 1 aliphatic carbocycles. The van der Waals surface area contributed by atoms with E-state index in [0.717, 1.165) is 15.9 Å². The third-order valence-corrected chi connectivity index (χ3v) is 4.95. The van der Waals surface area contributed by atoms with Gasteiger partial charge in [0.05, 0.1) is 0 Å².